The number of nitrogens with one attached hydrogen (secondary N) is 1. The fraction of sp³-hybridized carbons (Fsp3) is 0.684. The van der Waals surface area contributed by atoms with Crippen molar-refractivity contribution >= 4 is 0 Å². The van der Waals surface area contributed by atoms with Crippen LogP contribution in [-0.4, -0.2) is 12.1 Å². The molecule has 1 aromatic rings. The third-order valence-corrected chi connectivity index (χ3v) is 5.78. The summed E-state index contributed by atoms with van der Waals surface area (Å²) in [7, 11) is 0. The lowest BCUT2D eigenvalue weighted by Crippen LogP contribution is -2.27. The maximum absolute atomic E-state index is 6.16. The molecule has 2 aliphatic carbocycles. The molecule has 21 heavy (non-hydrogen) atoms. The Morgan fingerprint density at radius 1 is 1.24 bits per heavy atom. The van der Waals surface area contributed by atoms with Gasteiger partial charge in [0, 0.05) is 18.5 Å². The number of fused-ring (bicyclic) bond motifs is 3. The molecule has 0 saturated heterocycles. The Kier molecular flexibility index (Phi) is 3.25. The van der Waals surface area contributed by atoms with E-state index in [1.54, 1.807) is 0 Å². The molecule has 0 aromatic heterocycles. The van der Waals surface area contributed by atoms with Gasteiger partial charge in [-0.3, -0.25) is 0 Å². The van der Waals surface area contributed by atoms with E-state index in [2.05, 4.69) is 37.4 Å². The summed E-state index contributed by atoms with van der Waals surface area (Å²) in [6.07, 6.45) is 6.98. The average molecular weight is 285 g/mol. The summed E-state index contributed by atoms with van der Waals surface area (Å²) in [6.45, 7) is 6.50. The van der Waals surface area contributed by atoms with E-state index >= 15 is 0 Å². The van der Waals surface area contributed by atoms with Gasteiger partial charge in [0.2, 0.25) is 0 Å². The van der Waals surface area contributed by atoms with Crippen LogP contribution >= 0.6 is 0 Å². The van der Waals surface area contributed by atoms with Crippen molar-refractivity contribution in [3.8, 4) is 5.75 Å². The lowest BCUT2D eigenvalue weighted by atomic mass is 9.89. The molecule has 0 amide bonds. The topological polar surface area (TPSA) is 21.3 Å². The van der Waals surface area contributed by atoms with Crippen LogP contribution in [0.1, 0.15) is 50.7 Å². The Hall–Kier alpha value is -1.02. The standard InChI is InChI=1S/C19H27NO/c1-19(2)10-15-4-3-5-16(18(15)21-19)11-20-12-17-9-13-6-7-14(17)8-13/h3-5,13-14,17,20H,6-12H2,1-2H3. The minimum atomic E-state index is -0.0387. The van der Waals surface area contributed by atoms with Gasteiger partial charge < -0.3 is 10.1 Å². The predicted molar refractivity (Wildman–Crippen MR) is 85.5 cm³/mol. The molecule has 2 saturated carbocycles. The first-order chi connectivity index (χ1) is 10.1. The summed E-state index contributed by atoms with van der Waals surface area (Å²) in [5.41, 5.74) is 2.67. The monoisotopic (exact) mass is 285 g/mol. The van der Waals surface area contributed by atoms with Crippen molar-refractivity contribution < 1.29 is 4.74 Å². The molecular formula is C19H27NO. The molecule has 0 radical (unpaired) electrons. The lowest BCUT2D eigenvalue weighted by molar-refractivity contribution is 0.137. The third-order valence-electron chi connectivity index (χ3n) is 5.78. The van der Waals surface area contributed by atoms with Crippen molar-refractivity contribution in [2.75, 3.05) is 6.54 Å². The second-order valence-electron chi connectivity index (χ2n) is 8.01. The van der Waals surface area contributed by atoms with Crippen LogP contribution in [0.5, 0.6) is 5.75 Å². The Labute approximate surface area is 128 Å². The first-order valence-electron chi connectivity index (χ1n) is 8.61. The highest BCUT2D eigenvalue weighted by atomic mass is 16.5. The smallest absolute Gasteiger partial charge is 0.127 e. The molecule has 2 bridgehead atoms. The van der Waals surface area contributed by atoms with Crippen molar-refractivity contribution in [2.24, 2.45) is 17.8 Å². The second kappa shape index (κ2) is 5.01. The SMILES string of the molecule is CC1(C)Cc2cccc(CNCC3CC4CCC3C4)c2O1. The van der Waals surface area contributed by atoms with Gasteiger partial charge in [-0.15, -0.1) is 0 Å². The molecule has 2 fully saturated rings. The first-order valence-corrected chi connectivity index (χ1v) is 8.61. The zero-order valence-corrected chi connectivity index (χ0v) is 13.3. The van der Waals surface area contributed by atoms with E-state index < -0.39 is 0 Å². The Balaban J connectivity index is 1.37. The number of para-hydroxylation sites is 1. The summed E-state index contributed by atoms with van der Waals surface area (Å²) in [6, 6.07) is 6.61. The molecule has 4 rings (SSSR count). The van der Waals surface area contributed by atoms with E-state index in [0.717, 1.165) is 36.5 Å². The minimum Gasteiger partial charge on any atom is -0.487 e. The van der Waals surface area contributed by atoms with Gasteiger partial charge in [-0.05, 0) is 63.0 Å². The van der Waals surface area contributed by atoms with Crippen LogP contribution in [-0.2, 0) is 13.0 Å². The van der Waals surface area contributed by atoms with E-state index in [1.165, 1.54) is 43.4 Å². The number of hydrogen-bond acceptors (Lipinski definition) is 2. The van der Waals surface area contributed by atoms with Crippen molar-refractivity contribution in [1.82, 2.24) is 5.32 Å². The average Bonchev–Trinajstić information content (AvgIpc) is 3.10. The summed E-state index contributed by atoms with van der Waals surface area (Å²) in [5.74, 6) is 4.13. The normalized spacial score (nSPS) is 32.2. The minimum absolute atomic E-state index is 0.0387. The van der Waals surface area contributed by atoms with E-state index in [-0.39, 0.29) is 5.60 Å². The van der Waals surface area contributed by atoms with Gasteiger partial charge in [0.25, 0.3) is 0 Å². The van der Waals surface area contributed by atoms with E-state index in [0.29, 0.717) is 0 Å². The molecule has 3 unspecified atom stereocenters. The number of rotatable bonds is 4. The van der Waals surface area contributed by atoms with Crippen LogP contribution in [0, 0.1) is 17.8 Å². The lowest BCUT2D eigenvalue weighted by Gasteiger charge is -2.22. The van der Waals surface area contributed by atoms with Crippen molar-refractivity contribution in [3.63, 3.8) is 0 Å². The van der Waals surface area contributed by atoms with Gasteiger partial charge in [0.1, 0.15) is 11.4 Å². The van der Waals surface area contributed by atoms with Gasteiger partial charge in [0.15, 0.2) is 0 Å². The molecule has 3 aliphatic rings. The van der Waals surface area contributed by atoms with Crippen molar-refractivity contribution in [2.45, 2.75) is 58.1 Å². The molecule has 1 N–H and O–H groups in total. The molecule has 2 heteroatoms. The highest BCUT2D eigenvalue weighted by Gasteiger charge is 2.39. The van der Waals surface area contributed by atoms with Crippen LogP contribution in [0.3, 0.4) is 0 Å². The molecular weight excluding hydrogens is 258 g/mol. The zero-order chi connectivity index (χ0) is 14.4. The van der Waals surface area contributed by atoms with Gasteiger partial charge in [-0.2, -0.15) is 0 Å². The van der Waals surface area contributed by atoms with Gasteiger partial charge in [-0.1, -0.05) is 24.6 Å². The highest BCUT2D eigenvalue weighted by Crippen LogP contribution is 2.48. The molecule has 1 aliphatic heterocycles. The summed E-state index contributed by atoms with van der Waals surface area (Å²) in [5, 5.41) is 3.71. The van der Waals surface area contributed by atoms with Crippen molar-refractivity contribution in [1.29, 1.82) is 0 Å². The summed E-state index contributed by atoms with van der Waals surface area (Å²) in [4.78, 5) is 0. The first kappa shape index (κ1) is 13.6. The Bertz CT molecular complexity index is 536. The molecule has 3 atom stereocenters. The van der Waals surface area contributed by atoms with Gasteiger partial charge in [-0.25, -0.2) is 0 Å². The van der Waals surface area contributed by atoms with Crippen LogP contribution in [0.15, 0.2) is 18.2 Å². The quantitative estimate of drug-likeness (QED) is 0.905. The number of benzene rings is 1. The van der Waals surface area contributed by atoms with E-state index in [1.807, 2.05) is 0 Å². The maximum Gasteiger partial charge on any atom is 0.127 e. The summed E-state index contributed by atoms with van der Waals surface area (Å²) >= 11 is 0. The molecule has 2 nitrogen and oxygen atoms in total. The molecule has 114 valence electrons. The van der Waals surface area contributed by atoms with Crippen LogP contribution in [0.2, 0.25) is 0 Å². The van der Waals surface area contributed by atoms with E-state index in [9.17, 15) is 0 Å². The molecule has 1 heterocycles. The van der Waals surface area contributed by atoms with E-state index in [4.69, 9.17) is 4.74 Å². The largest absolute Gasteiger partial charge is 0.487 e. The fourth-order valence-electron chi connectivity index (χ4n) is 4.84. The number of ether oxygens (including phenoxy) is 1. The second-order valence-corrected chi connectivity index (χ2v) is 8.01. The third kappa shape index (κ3) is 2.59. The van der Waals surface area contributed by atoms with Crippen molar-refractivity contribution in [3.05, 3.63) is 29.3 Å². The molecule has 1 aromatic carbocycles. The Morgan fingerprint density at radius 3 is 2.90 bits per heavy atom. The van der Waals surface area contributed by atoms with Crippen LogP contribution < -0.4 is 10.1 Å². The van der Waals surface area contributed by atoms with Crippen LogP contribution in [0.4, 0.5) is 0 Å². The predicted octanol–water partition coefficient (Wildman–Crippen LogP) is 3.93. The van der Waals surface area contributed by atoms with Gasteiger partial charge in [0.05, 0.1) is 0 Å². The Morgan fingerprint density at radius 2 is 2.14 bits per heavy atom. The highest BCUT2D eigenvalue weighted by molar-refractivity contribution is 5.45. The van der Waals surface area contributed by atoms with Gasteiger partial charge >= 0.3 is 0 Å². The fourth-order valence-corrected chi connectivity index (χ4v) is 4.84. The number of hydrogen-bond donors (Lipinski definition) is 1. The molecule has 0 spiro atoms. The van der Waals surface area contributed by atoms with Crippen LogP contribution in [0.25, 0.3) is 0 Å². The zero-order valence-electron chi connectivity index (χ0n) is 13.3. The summed E-state index contributed by atoms with van der Waals surface area (Å²) < 4.78 is 6.16. The maximum atomic E-state index is 6.16.